The van der Waals surface area contributed by atoms with Gasteiger partial charge in [-0.25, -0.2) is 4.79 Å². The lowest BCUT2D eigenvalue weighted by molar-refractivity contribution is -0.154. The lowest BCUT2D eigenvalue weighted by Crippen LogP contribution is -2.16. The van der Waals surface area contributed by atoms with Crippen molar-refractivity contribution in [1.82, 2.24) is 0 Å². The molecule has 202 valence electrons. The van der Waals surface area contributed by atoms with Crippen molar-refractivity contribution >= 4 is 33.8 Å². The van der Waals surface area contributed by atoms with Crippen LogP contribution in [0.25, 0.3) is 27.8 Å². The largest absolute Gasteiger partial charge is 0.453 e. The van der Waals surface area contributed by atoms with Gasteiger partial charge in [-0.15, -0.1) is 0 Å². The minimum atomic E-state index is -5.02. The van der Waals surface area contributed by atoms with Gasteiger partial charge in [0.2, 0.25) is 11.2 Å². The van der Waals surface area contributed by atoms with E-state index in [1.165, 1.54) is 24.3 Å². The van der Waals surface area contributed by atoms with Gasteiger partial charge in [-0.2, -0.15) is 13.2 Å². The second-order valence-corrected chi connectivity index (χ2v) is 9.36. The third-order valence-corrected chi connectivity index (χ3v) is 6.27. The third kappa shape index (κ3) is 5.47. The summed E-state index contributed by atoms with van der Waals surface area (Å²) in [4.78, 5) is 25.7. The van der Waals surface area contributed by atoms with E-state index in [1.807, 2.05) is 56.3 Å². The molecule has 0 unspecified atom stereocenters. The number of hydrogen-bond donors (Lipinski definition) is 0. The van der Waals surface area contributed by atoms with Gasteiger partial charge < -0.3 is 13.9 Å². The van der Waals surface area contributed by atoms with Gasteiger partial charge in [-0.05, 0) is 52.1 Å². The third-order valence-electron chi connectivity index (χ3n) is 6.27. The van der Waals surface area contributed by atoms with Crippen molar-refractivity contribution in [1.29, 1.82) is 0 Å². The summed E-state index contributed by atoms with van der Waals surface area (Å²) in [6.45, 7) is 3.71. The second-order valence-electron chi connectivity index (χ2n) is 9.36. The Labute approximate surface area is 227 Å². The molecule has 0 atom stereocenters. The molecule has 0 bridgehead atoms. The number of carbonyl (C=O) groups is 1. The van der Waals surface area contributed by atoms with Crippen molar-refractivity contribution in [3.63, 3.8) is 0 Å². The predicted octanol–water partition coefficient (Wildman–Crippen LogP) is 8.50. The maximum Gasteiger partial charge on any atom is 0.453 e. The maximum atomic E-state index is 14.0. The summed E-state index contributed by atoms with van der Waals surface area (Å²) in [5.41, 5.74) is 0.0286. The van der Waals surface area contributed by atoms with Crippen LogP contribution in [0.2, 0.25) is 0 Å². The molecule has 0 aliphatic carbocycles. The Hall–Kier alpha value is -4.85. The van der Waals surface area contributed by atoms with E-state index >= 15 is 0 Å². The fraction of sp³-hybridized carbons (Fsp3) is 0.125. The van der Waals surface area contributed by atoms with Crippen molar-refractivity contribution < 1.29 is 31.9 Å². The average Bonchev–Trinajstić information content (AvgIpc) is 2.92. The van der Waals surface area contributed by atoms with E-state index in [9.17, 15) is 22.8 Å². The number of benzene rings is 4. The molecule has 0 amide bonds. The van der Waals surface area contributed by atoms with Gasteiger partial charge in [-0.3, -0.25) is 4.79 Å². The SMILES string of the molecule is CC(C)c1ccccc1Oc1c(C(F)(F)F)oc2cc(OC(=O)/C=C/c3cccc4ccccc34)ccc2c1=O. The Morgan fingerprint density at radius 1 is 0.900 bits per heavy atom. The van der Waals surface area contributed by atoms with E-state index in [0.717, 1.165) is 22.4 Å². The number of esters is 1. The number of rotatable bonds is 6. The highest BCUT2D eigenvalue weighted by molar-refractivity contribution is 5.95. The van der Waals surface area contributed by atoms with Crippen molar-refractivity contribution in [2.75, 3.05) is 0 Å². The minimum absolute atomic E-state index is 0.0649. The minimum Gasteiger partial charge on any atom is -0.449 e. The van der Waals surface area contributed by atoms with Crippen LogP contribution in [0.5, 0.6) is 17.2 Å². The van der Waals surface area contributed by atoms with Gasteiger partial charge in [-0.1, -0.05) is 74.5 Å². The van der Waals surface area contributed by atoms with E-state index in [1.54, 1.807) is 24.3 Å². The number of ether oxygens (including phenoxy) is 2. The lowest BCUT2D eigenvalue weighted by atomic mass is 10.0. The van der Waals surface area contributed by atoms with Crippen LogP contribution in [-0.4, -0.2) is 5.97 Å². The van der Waals surface area contributed by atoms with E-state index in [0.29, 0.717) is 5.56 Å². The van der Waals surface area contributed by atoms with Gasteiger partial charge in [0.05, 0.1) is 5.39 Å². The van der Waals surface area contributed by atoms with E-state index in [4.69, 9.17) is 13.9 Å². The number of hydrogen-bond acceptors (Lipinski definition) is 5. The first-order valence-corrected chi connectivity index (χ1v) is 12.4. The number of para-hydroxylation sites is 1. The number of carbonyl (C=O) groups excluding carboxylic acids is 1. The summed E-state index contributed by atoms with van der Waals surface area (Å²) in [7, 11) is 0. The molecule has 0 aliphatic rings. The highest BCUT2D eigenvalue weighted by Gasteiger charge is 2.40. The Morgan fingerprint density at radius 2 is 1.62 bits per heavy atom. The molecule has 0 spiro atoms. The van der Waals surface area contributed by atoms with Crippen LogP contribution in [0.1, 0.15) is 36.7 Å². The Kier molecular flexibility index (Phi) is 7.17. The first-order valence-electron chi connectivity index (χ1n) is 12.4. The standard InChI is InChI=1S/C32H23F3O5/c1-19(2)23-11-5-6-13-26(23)39-30-29(37)25-16-15-22(18-27(25)40-31(30)32(33,34)35)38-28(36)17-14-21-10-7-9-20-8-3-4-12-24(20)21/h3-19H,1-2H3/b17-14+. The molecular formula is C32H23F3O5. The second kappa shape index (κ2) is 10.7. The first kappa shape index (κ1) is 26.7. The van der Waals surface area contributed by atoms with Crippen molar-refractivity contribution in [2.24, 2.45) is 0 Å². The van der Waals surface area contributed by atoms with Crippen LogP contribution in [0, 0.1) is 0 Å². The maximum absolute atomic E-state index is 14.0. The molecule has 0 radical (unpaired) electrons. The number of halogens is 3. The summed E-state index contributed by atoms with van der Waals surface area (Å²) in [5.74, 6) is -3.33. The summed E-state index contributed by atoms with van der Waals surface area (Å²) >= 11 is 0. The fourth-order valence-electron chi connectivity index (χ4n) is 4.36. The van der Waals surface area contributed by atoms with Gasteiger partial charge >= 0.3 is 12.1 Å². The Bertz CT molecular complexity index is 1810. The topological polar surface area (TPSA) is 65.7 Å². The van der Waals surface area contributed by atoms with E-state index in [2.05, 4.69) is 0 Å². The van der Waals surface area contributed by atoms with E-state index in [-0.39, 0.29) is 22.8 Å². The molecule has 8 heteroatoms. The molecular weight excluding hydrogens is 521 g/mol. The van der Waals surface area contributed by atoms with Gasteiger partial charge in [0.15, 0.2) is 0 Å². The normalized spacial score (nSPS) is 11.9. The molecule has 0 saturated carbocycles. The van der Waals surface area contributed by atoms with Crippen LogP contribution in [0.4, 0.5) is 13.2 Å². The van der Waals surface area contributed by atoms with Gasteiger partial charge in [0.1, 0.15) is 17.1 Å². The predicted molar refractivity (Wildman–Crippen MR) is 147 cm³/mol. The molecule has 1 heterocycles. The van der Waals surface area contributed by atoms with Crippen molar-refractivity contribution in [3.8, 4) is 17.2 Å². The number of alkyl halides is 3. The average molecular weight is 545 g/mol. The molecule has 0 fully saturated rings. The van der Waals surface area contributed by atoms with Crippen molar-refractivity contribution in [3.05, 3.63) is 118 Å². The molecule has 5 nitrogen and oxygen atoms in total. The van der Waals surface area contributed by atoms with Crippen molar-refractivity contribution in [2.45, 2.75) is 25.9 Å². The van der Waals surface area contributed by atoms with E-state index < -0.39 is 34.7 Å². The zero-order valence-corrected chi connectivity index (χ0v) is 21.5. The number of fused-ring (bicyclic) bond motifs is 2. The molecule has 5 aromatic rings. The van der Waals surface area contributed by atoms with Crippen LogP contribution in [0.3, 0.4) is 0 Å². The fourth-order valence-corrected chi connectivity index (χ4v) is 4.36. The Morgan fingerprint density at radius 3 is 2.40 bits per heavy atom. The molecule has 5 rings (SSSR count). The van der Waals surface area contributed by atoms with Gasteiger partial charge in [0.25, 0.3) is 5.76 Å². The smallest absolute Gasteiger partial charge is 0.449 e. The molecule has 40 heavy (non-hydrogen) atoms. The molecule has 4 aromatic carbocycles. The van der Waals surface area contributed by atoms with Crippen LogP contribution < -0.4 is 14.9 Å². The van der Waals surface area contributed by atoms with Crippen LogP contribution in [-0.2, 0) is 11.0 Å². The molecule has 0 N–H and O–H groups in total. The van der Waals surface area contributed by atoms with Crippen LogP contribution >= 0.6 is 0 Å². The quantitative estimate of drug-likeness (QED) is 0.122. The molecule has 0 aliphatic heterocycles. The Balaban J connectivity index is 1.47. The summed E-state index contributed by atoms with van der Waals surface area (Å²) < 4.78 is 58.0. The molecule has 1 aromatic heterocycles. The molecule has 0 saturated heterocycles. The van der Waals surface area contributed by atoms with Gasteiger partial charge in [0, 0.05) is 12.1 Å². The first-order chi connectivity index (χ1) is 19.1. The van der Waals surface area contributed by atoms with Crippen LogP contribution in [0.15, 0.2) is 100 Å². The lowest BCUT2D eigenvalue weighted by Gasteiger charge is -2.16. The zero-order chi connectivity index (χ0) is 28.4. The summed E-state index contributed by atoms with van der Waals surface area (Å²) in [6.07, 6.45) is -2.22. The zero-order valence-electron chi connectivity index (χ0n) is 21.5. The summed E-state index contributed by atoms with van der Waals surface area (Å²) in [5, 5.41) is 1.78. The highest BCUT2D eigenvalue weighted by Crippen LogP contribution is 2.40. The summed E-state index contributed by atoms with van der Waals surface area (Å²) in [6, 6.07) is 23.5. The highest BCUT2D eigenvalue weighted by atomic mass is 19.4. The monoisotopic (exact) mass is 544 g/mol.